The van der Waals surface area contributed by atoms with Gasteiger partial charge in [-0.05, 0) is 50.8 Å². The molecule has 4 heteroatoms. The maximum atomic E-state index is 4.68. The van der Waals surface area contributed by atoms with Crippen molar-refractivity contribution < 1.29 is 0 Å². The molecule has 0 amide bonds. The normalized spacial score (nSPS) is 11.4. The number of aromatic nitrogens is 1. The predicted molar refractivity (Wildman–Crippen MR) is 88.9 cm³/mol. The van der Waals surface area contributed by atoms with Gasteiger partial charge in [-0.15, -0.1) is 11.3 Å². The average molecular weight is 289 g/mol. The Morgan fingerprint density at radius 1 is 1.20 bits per heavy atom. The van der Waals surface area contributed by atoms with Crippen LogP contribution < -0.4 is 10.2 Å². The lowest BCUT2D eigenvalue weighted by Crippen LogP contribution is -2.27. The third kappa shape index (κ3) is 4.53. The Labute approximate surface area is 125 Å². The van der Waals surface area contributed by atoms with E-state index in [4.69, 9.17) is 0 Å². The van der Waals surface area contributed by atoms with Crippen molar-refractivity contribution in [3.63, 3.8) is 0 Å². The van der Waals surface area contributed by atoms with Crippen molar-refractivity contribution in [2.24, 2.45) is 0 Å². The summed E-state index contributed by atoms with van der Waals surface area (Å²) in [6, 6.07) is 10.4. The zero-order valence-electron chi connectivity index (χ0n) is 12.7. The molecule has 3 nitrogen and oxygen atoms in total. The lowest BCUT2D eigenvalue weighted by molar-refractivity contribution is 0.630. The van der Waals surface area contributed by atoms with Crippen molar-refractivity contribution in [2.45, 2.75) is 32.7 Å². The molecule has 0 unspecified atom stereocenters. The summed E-state index contributed by atoms with van der Waals surface area (Å²) in [5.41, 5.74) is 0.0289. The van der Waals surface area contributed by atoms with Crippen LogP contribution in [-0.2, 0) is 6.42 Å². The van der Waals surface area contributed by atoms with Crippen LogP contribution in [0.4, 0.5) is 11.6 Å². The summed E-state index contributed by atoms with van der Waals surface area (Å²) in [7, 11) is 2.09. The van der Waals surface area contributed by atoms with E-state index < -0.39 is 0 Å². The first-order valence-electron chi connectivity index (χ1n) is 6.93. The van der Waals surface area contributed by atoms with Crippen LogP contribution in [0.25, 0.3) is 0 Å². The van der Waals surface area contributed by atoms with Crippen molar-refractivity contribution in [1.82, 2.24) is 4.98 Å². The van der Waals surface area contributed by atoms with Gasteiger partial charge in [0.2, 0.25) is 0 Å². The third-order valence-corrected chi connectivity index (χ3v) is 3.84. The molecule has 1 N–H and O–H groups in total. The highest BCUT2D eigenvalue weighted by Crippen LogP contribution is 2.17. The van der Waals surface area contributed by atoms with Crippen LogP contribution in [0.1, 0.15) is 25.6 Å². The van der Waals surface area contributed by atoms with Crippen LogP contribution in [-0.4, -0.2) is 24.1 Å². The quantitative estimate of drug-likeness (QED) is 0.900. The smallest absolute Gasteiger partial charge is 0.130 e. The van der Waals surface area contributed by atoms with E-state index in [-0.39, 0.29) is 5.54 Å². The minimum absolute atomic E-state index is 0.0289. The third-order valence-electron chi connectivity index (χ3n) is 2.90. The van der Waals surface area contributed by atoms with E-state index in [1.165, 1.54) is 4.88 Å². The zero-order valence-corrected chi connectivity index (χ0v) is 13.5. The Balaban J connectivity index is 1.99. The van der Waals surface area contributed by atoms with E-state index in [2.05, 4.69) is 72.7 Å². The number of nitrogens with one attached hydrogen (secondary N) is 1. The van der Waals surface area contributed by atoms with Crippen LogP contribution in [0.5, 0.6) is 0 Å². The minimum Gasteiger partial charge on any atom is -0.365 e. The van der Waals surface area contributed by atoms with Crippen molar-refractivity contribution in [1.29, 1.82) is 0 Å². The number of thiophene rings is 1. The molecule has 0 aliphatic carbocycles. The summed E-state index contributed by atoms with van der Waals surface area (Å²) < 4.78 is 0. The number of nitrogens with zero attached hydrogens (tertiary/aromatic N) is 2. The number of rotatable bonds is 5. The van der Waals surface area contributed by atoms with E-state index in [1.54, 1.807) is 0 Å². The summed E-state index contributed by atoms with van der Waals surface area (Å²) in [5, 5.41) is 5.54. The molecule has 0 aliphatic heterocycles. The highest BCUT2D eigenvalue weighted by molar-refractivity contribution is 7.09. The first-order chi connectivity index (χ1) is 9.44. The molecular formula is C16H23N3S. The number of hydrogen-bond acceptors (Lipinski definition) is 4. The van der Waals surface area contributed by atoms with Gasteiger partial charge in [0.05, 0.1) is 0 Å². The molecular weight excluding hydrogens is 266 g/mol. The fourth-order valence-corrected chi connectivity index (χ4v) is 2.64. The van der Waals surface area contributed by atoms with Crippen LogP contribution in [0, 0.1) is 0 Å². The second-order valence-electron chi connectivity index (χ2n) is 6.01. The minimum atomic E-state index is 0.0289. The van der Waals surface area contributed by atoms with Crippen molar-refractivity contribution >= 4 is 23.0 Å². The fraction of sp³-hybridized carbons (Fsp3) is 0.438. The molecule has 0 aliphatic rings. The molecule has 0 bridgehead atoms. The predicted octanol–water partition coefficient (Wildman–Crippen LogP) is 4.03. The second-order valence-corrected chi connectivity index (χ2v) is 7.04. The standard InChI is InChI=1S/C16H23N3S/c1-16(2,3)18-14-8-5-9-15(17-14)19(4)11-10-13-7-6-12-20-13/h5-9,12H,10-11H2,1-4H3,(H,17,18). The Bertz CT molecular complexity index is 529. The van der Waals surface area contributed by atoms with Gasteiger partial charge >= 0.3 is 0 Å². The molecule has 2 aromatic rings. The maximum absolute atomic E-state index is 4.68. The highest BCUT2D eigenvalue weighted by atomic mass is 32.1. The maximum Gasteiger partial charge on any atom is 0.130 e. The van der Waals surface area contributed by atoms with Crippen LogP contribution in [0.15, 0.2) is 35.7 Å². The van der Waals surface area contributed by atoms with E-state index in [0.717, 1.165) is 24.6 Å². The summed E-state index contributed by atoms with van der Waals surface area (Å²) >= 11 is 1.81. The first kappa shape index (κ1) is 14.9. The van der Waals surface area contributed by atoms with Gasteiger partial charge in [0.25, 0.3) is 0 Å². The molecule has 0 saturated heterocycles. The highest BCUT2D eigenvalue weighted by Gasteiger charge is 2.11. The summed E-state index contributed by atoms with van der Waals surface area (Å²) in [6.45, 7) is 7.40. The van der Waals surface area contributed by atoms with E-state index in [0.29, 0.717) is 0 Å². The van der Waals surface area contributed by atoms with Crippen LogP contribution in [0.3, 0.4) is 0 Å². The zero-order chi connectivity index (χ0) is 14.6. The van der Waals surface area contributed by atoms with Gasteiger partial charge in [-0.1, -0.05) is 12.1 Å². The molecule has 2 rings (SSSR count). The summed E-state index contributed by atoms with van der Waals surface area (Å²) in [6.07, 6.45) is 1.06. The average Bonchev–Trinajstić information content (AvgIpc) is 2.87. The molecule has 0 fully saturated rings. The molecule has 0 aromatic carbocycles. The van der Waals surface area contributed by atoms with Crippen molar-refractivity contribution in [3.8, 4) is 0 Å². The topological polar surface area (TPSA) is 28.2 Å². The molecule has 0 spiro atoms. The molecule has 2 heterocycles. The SMILES string of the molecule is CN(CCc1cccs1)c1cccc(NC(C)(C)C)n1. The van der Waals surface area contributed by atoms with Crippen molar-refractivity contribution in [2.75, 3.05) is 23.8 Å². The molecule has 20 heavy (non-hydrogen) atoms. The van der Waals surface area contributed by atoms with E-state index >= 15 is 0 Å². The second kappa shape index (κ2) is 6.27. The molecule has 2 aromatic heterocycles. The molecule has 0 radical (unpaired) electrons. The molecule has 108 valence electrons. The molecule has 0 saturated carbocycles. The fourth-order valence-electron chi connectivity index (χ4n) is 1.94. The van der Waals surface area contributed by atoms with E-state index in [1.807, 2.05) is 17.4 Å². The van der Waals surface area contributed by atoms with Crippen molar-refractivity contribution in [3.05, 3.63) is 40.6 Å². The monoisotopic (exact) mass is 289 g/mol. The Morgan fingerprint density at radius 2 is 2.00 bits per heavy atom. The molecule has 0 atom stereocenters. The van der Waals surface area contributed by atoms with Gasteiger partial charge in [0, 0.05) is 24.0 Å². The number of anilines is 2. The summed E-state index contributed by atoms with van der Waals surface area (Å²) in [4.78, 5) is 8.30. The van der Waals surface area contributed by atoms with Gasteiger partial charge in [-0.25, -0.2) is 4.98 Å². The lowest BCUT2D eigenvalue weighted by atomic mass is 10.1. The lowest BCUT2D eigenvalue weighted by Gasteiger charge is -2.23. The van der Waals surface area contributed by atoms with Gasteiger partial charge in [0.15, 0.2) is 0 Å². The van der Waals surface area contributed by atoms with Gasteiger partial charge in [-0.3, -0.25) is 0 Å². The largest absolute Gasteiger partial charge is 0.365 e. The van der Waals surface area contributed by atoms with Gasteiger partial charge in [0.1, 0.15) is 11.6 Å². The first-order valence-corrected chi connectivity index (χ1v) is 7.81. The Hall–Kier alpha value is -1.55. The van der Waals surface area contributed by atoms with E-state index in [9.17, 15) is 0 Å². The van der Waals surface area contributed by atoms with Crippen LogP contribution in [0.2, 0.25) is 0 Å². The number of pyridine rings is 1. The Kier molecular flexibility index (Phi) is 4.65. The summed E-state index contributed by atoms with van der Waals surface area (Å²) in [5.74, 6) is 1.94. The van der Waals surface area contributed by atoms with Gasteiger partial charge < -0.3 is 10.2 Å². The van der Waals surface area contributed by atoms with Crippen LogP contribution >= 0.6 is 11.3 Å². The Morgan fingerprint density at radius 3 is 2.65 bits per heavy atom. The van der Waals surface area contributed by atoms with Gasteiger partial charge in [-0.2, -0.15) is 0 Å². The number of hydrogen-bond donors (Lipinski definition) is 1. The number of likely N-dealkylation sites (N-methyl/N-ethyl adjacent to an activating group) is 1.